The fourth-order valence-corrected chi connectivity index (χ4v) is 4.38. The standard InChI is InChI=1S/C28H28N2O5.3H2/c1-17-3-9-22(14-23(17)19-4-6-20(7-5-19)26(32)29-18(2)15-31)30-27(33)28(11-12-28)21-8-10-24-25(13-21)35-16-34-24;;;/h3-10,13-14,18,31H,11-12,15-16H2,1-2H3,(H,29,32)(H,30,33);3*1H/t18-;;;/m0.../s1. The predicted molar refractivity (Wildman–Crippen MR) is 139 cm³/mol. The highest BCUT2D eigenvalue weighted by molar-refractivity contribution is 6.02. The van der Waals surface area contributed by atoms with E-state index < -0.39 is 5.41 Å². The highest BCUT2D eigenvalue weighted by Crippen LogP contribution is 2.51. The van der Waals surface area contributed by atoms with Crippen LogP contribution in [0.4, 0.5) is 5.69 Å². The molecule has 1 saturated carbocycles. The quantitative estimate of drug-likeness (QED) is 0.448. The molecule has 0 radical (unpaired) electrons. The predicted octanol–water partition coefficient (Wildman–Crippen LogP) is 4.91. The molecule has 0 aromatic heterocycles. The van der Waals surface area contributed by atoms with Gasteiger partial charge in [0.05, 0.1) is 12.0 Å². The lowest BCUT2D eigenvalue weighted by molar-refractivity contribution is -0.118. The summed E-state index contributed by atoms with van der Waals surface area (Å²) in [6, 6.07) is 18.6. The SMILES string of the molecule is Cc1ccc(NC(=O)C2(c3ccc4c(c3)OCO4)CC2)cc1-c1ccc(C(=O)N[C@@H](C)CO)cc1.[HH].[HH].[HH]. The molecule has 3 aromatic carbocycles. The number of benzene rings is 3. The molecule has 3 aromatic rings. The van der Waals surface area contributed by atoms with E-state index in [2.05, 4.69) is 10.6 Å². The molecular weight excluding hydrogens is 444 g/mol. The van der Waals surface area contributed by atoms with Gasteiger partial charge in [-0.2, -0.15) is 0 Å². The third-order valence-corrected chi connectivity index (χ3v) is 6.71. The molecule has 2 aliphatic rings. The molecule has 0 saturated heterocycles. The first-order valence-electron chi connectivity index (χ1n) is 11.7. The largest absolute Gasteiger partial charge is 0.454 e. The van der Waals surface area contributed by atoms with Gasteiger partial charge in [-0.15, -0.1) is 0 Å². The Hall–Kier alpha value is -3.84. The maximum absolute atomic E-state index is 13.3. The van der Waals surface area contributed by atoms with E-state index in [1.807, 2.05) is 55.5 Å². The van der Waals surface area contributed by atoms with E-state index in [9.17, 15) is 9.59 Å². The normalized spacial score (nSPS) is 15.9. The number of ether oxygens (including phenoxy) is 2. The lowest BCUT2D eigenvalue weighted by Gasteiger charge is -2.17. The highest BCUT2D eigenvalue weighted by Gasteiger charge is 2.51. The average Bonchev–Trinajstić information content (AvgIpc) is 3.56. The zero-order valence-corrected chi connectivity index (χ0v) is 19.8. The summed E-state index contributed by atoms with van der Waals surface area (Å²) in [5, 5.41) is 15.0. The Balaban J connectivity index is 0.00000169. The van der Waals surface area contributed by atoms with E-state index in [1.165, 1.54) is 0 Å². The van der Waals surface area contributed by atoms with Crippen LogP contribution in [0.2, 0.25) is 0 Å². The Morgan fingerprint density at radius 1 is 1.03 bits per heavy atom. The Bertz CT molecular complexity index is 1300. The number of aliphatic hydroxyl groups excluding tert-OH is 1. The average molecular weight is 479 g/mol. The number of aryl methyl sites for hydroxylation is 1. The zero-order chi connectivity index (χ0) is 24.6. The van der Waals surface area contributed by atoms with Crippen molar-refractivity contribution in [3.05, 3.63) is 77.4 Å². The molecule has 186 valence electrons. The number of hydrogen-bond acceptors (Lipinski definition) is 5. The summed E-state index contributed by atoms with van der Waals surface area (Å²) in [5.74, 6) is 1.13. The number of carbonyl (C=O) groups is 2. The van der Waals surface area contributed by atoms with E-state index in [0.29, 0.717) is 17.1 Å². The van der Waals surface area contributed by atoms with Gasteiger partial charge < -0.3 is 25.2 Å². The van der Waals surface area contributed by atoms with Gasteiger partial charge in [0.15, 0.2) is 11.5 Å². The molecule has 7 nitrogen and oxygen atoms in total. The Kier molecular flexibility index (Phi) is 5.94. The molecule has 1 aliphatic carbocycles. The molecule has 1 heterocycles. The molecule has 0 spiro atoms. The van der Waals surface area contributed by atoms with Crippen LogP contribution in [-0.2, 0) is 10.2 Å². The Morgan fingerprint density at radius 2 is 1.77 bits per heavy atom. The summed E-state index contributed by atoms with van der Waals surface area (Å²) in [4.78, 5) is 25.6. The molecule has 0 unspecified atom stereocenters. The van der Waals surface area contributed by atoms with Gasteiger partial charge in [-0.25, -0.2) is 0 Å². The monoisotopic (exact) mass is 478 g/mol. The van der Waals surface area contributed by atoms with Crippen LogP contribution in [0.3, 0.4) is 0 Å². The Labute approximate surface area is 208 Å². The molecule has 35 heavy (non-hydrogen) atoms. The first-order chi connectivity index (χ1) is 16.9. The second-order valence-corrected chi connectivity index (χ2v) is 9.27. The van der Waals surface area contributed by atoms with Crippen molar-refractivity contribution in [3.63, 3.8) is 0 Å². The van der Waals surface area contributed by atoms with Crippen LogP contribution in [0, 0.1) is 6.92 Å². The van der Waals surface area contributed by atoms with E-state index >= 15 is 0 Å². The van der Waals surface area contributed by atoms with Crippen LogP contribution in [-0.4, -0.2) is 36.4 Å². The van der Waals surface area contributed by atoms with Gasteiger partial charge in [-0.1, -0.05) is 24.3 Å². The van der Waals surface area contributed by atoms with Gasteiger partial charge in [-0.3, -0.25) is 9.59 Å². The second-order valence-electron chi connectivity index (χ2n) is 9.27. The summed E-state index contributed by atoms with van der Waals surface area (Å²) >= 11 is 0. The minimum absolute atomic E-state index is 0. The van der Waals surface area contributed by atoms with Gasteiger partial charge >= 0.3 is 0 Å². The molecule has 7 heteroatoms. The summed E-state index contributed by atoms with van der Waals surface area (Å²) in [7, 11) is 0. The van der Waals surface area contributed by atoms with Gasteiger partial charge in [0.1, 0.15) is 0 Å². The highest BCUT2D eigenvalue weighted by atomic mass is 16.7. The van der Waals surface area contributed by atoms with Crippen molar-refractivity contribution >= 4 is 17.5 Å². The fraction of sp³-hybridized carbons (Fsp3) is 0.286. The lowest BCUT2D eigenvalue weighted by atomic mass is 9.94. The van der Waals surface area contributed by atoms with E-state index in [4.69, 9.17) is 14.6 Å². The number of amides is 2. The number of aliphatic hydroxyl groups is 1. The smallest absolute Gasteiger partial charge is 0.251 e. The summed E-state index contributed by atoms with van der Waals surface area (Å²) in [6.07, 6.45) is 1.57. The van der Waals surface area contributed by atoms with Crippen LogP contribution in [0.25, 0.3) is 11.1 Å². The number of rotatable bonds is 7. The molecular formula is C28H34N2O5. The first-order valence-corrected chi connectivity index (χ1v) is 11.7. The van der Waals surface area contributed by atoms with Crippen LogP contribution in [0.1, 0.15) is 45.5 Å². The molecule has 1 atom stereocenters. The first kappa shape index (κ1) is 22.9. The molecule has 0 bridgehead atoms. The van der Waals surface area contributed by atoms with Crippen molar-refractivity contribution in [2.75, 3.05) is 18.7 Å². The van der Waals surface area contributed by atoms with Crippen molar-refractivity contribution in [2.45, 2.75) is 38.1 Å². The number of anilines is 1. The third kappa shape index (κ3) is 4.47. The maximum atomic E-state index is 13.3. The van der Waals surface area contributed by atoms with Gasteiger partial charge in [0, 0.05) is 21.6 Å². The minimum Gasteiger partial charge on any atom is -0.454 e. The van der Waals surface area contributed by atoms with Crippen molar-refractivity contribution in [1.29, 1.82) is 0 Å². The van der Waals surface area contributed by atoms with Crippen molar-refractivity contribution in [3.8, 4) is 22.6 Å². The topological polar surface area (TPSA) is 96.9 Å². The van der Waals surface area contributed by atoms with Crippen molar-refractivity contribution < 1.29 is 28.4 Å². The summed E-state index contributed by atoms with van der Waals surface area (Å²) in [5.41, 5.74) is 4.62. The van der Waals surface area contributed by atoms with E-state index in [1.54, 1.807) is 19.1 Å². The van der Waals surface area contributed by atoms with Crippen LogP contribution < -0.4 is 20.1 Å². The third-order valence-electron chi connectivity index (χ3n) is 6.71. The maximum Gasteiger partial charge on any atom is 0.251 e. The van der Waals surface area contributed by atoms with Gasteiger partial charge in [-0.05, 0) is 85.3 Å². The van der Waals surface area contributed by atoms with Crippen molar-refractivity contribution in [2.24, 2.45) is 0 Å². The molecule has 1 fully saturated rings. The second kappa shape index (κ2) is 9.07. The van der Waals surface area contributed by atoms with Crippen LogP contribution in [0.5, 0.6) is 11.5 Å². The Morgan fingerprint density at radius 3 is 2.49 bits per heavy atom. The van der Waals surface area contributed by atoms with Gasteiger partial charge in [0.2, 0.25) is 12.7 Å². The number of hydrogen-bond donors (Lipinski definition) is 3. The van der Waals surface area contributed by atoms with E-state index in [0.717, 1.165) is 40.8 Å². The minimum atomic E-state index is -0.549. The lowest BCUT2D eigenvalue weighted by Crippen LogP contribution is -2.34. The van der Waals surface area contributed by atoms with Crippen LogP contribution >= 0.6 is 0 Å². The fourth-order valence-electron chi connectivity index (χ4n) is 4.38. The molecule has 3 N–H and O–H groups in total. The molecule has 2 amide bonds. The van der Waals surface area contributed by atoms with Gasteiger partial charge in [0.25, 0.3) is 5.91 Å². The van der Waals surface area contributed by atoms with Crippen molar-refractivity contribution in [1.82, 2.24) is 5.32 Å². The summed E-state index contributed by atoms with van der Waals surface area (Å²) in [6.45, 7) is 3.85. The molecule has 5 rings (SSSR count). The molecule has 1 aliphatic heterocycles. The summed E-state index contributed by atoms with van der Waals surface area (Å²) < 4.78 is 10.9. The van der Waals surface area contributed by atoms with Crippen LogP contribution in [0.15, 0.2) is 60.7 Å². The van der Waals surface area contributed by atoms with E-state index in [-0.39, 0.29) is 35.5 Å². The zero-order valence-electron chi connectivity index (χ0n) is 19.8. The number of carbonyl (C=O) groups excluding carboxylic acids is 2. The number of nitrogens with one attached hydrogen (secondary N) is 2. The number of fused-ring (bicyclic) bond motifs is 1.